The highest BCUT2D eigenvalue weighted by Crippen LogP contribution is 2.35. The number of para-hydroxylation sites is 1. The molecule has 180 valence electrons. The zero-order valence-electron chi connectivity index (χ0n) is 19.7. The molecule has 2 N–H and O–H groups in total. The molecule has 2 aromatic carbocycles. The van der Waals surface area contributed by atoms with Gasteiger partial charge < -0.3 is 14.8 Å². The second-order valence-electron chi connectivity index (χ2n) is 8.16. The van der Waals surface area contributed by atoms with Gasteiger partial charge >= 0.3 is 0 Å². The van der Waals surface area contributed by atoms with Gasteiger partial charge in [-0.15, -0.1) is 0 Å². The van der Waals surface area contributed by atoms with Crippen LogP contribution in [0.1, 0.15) is 5.56 Å². The van der Waals surface area contributed by atoms with Crippen molar-refractivity contribution < 1.29 is 9.47 Å². The van der Waals surface area contributed by atoms with Gasteiger partial charge in [-0.1, -0.05) is 18.2 Å². The molecule has 1 fully saturated rings. The van der Waals surface area contributed by atoms with Gasteiger partial charge in [0, 0.05) is 72.3 Å². The average molecular weight is 489 g/mol. The standard InChI is InChI=1S/C26H28N6O2S/c1-27-25(31-28-2)21-8-4-7-20-22-16-35-17-23(22)26(30-24(20)21)29-18-5-3-6-19(15-18)34-14-11-32-9-12-33-13-10-32/h3-8,15-17H,2,9-14H2,1H3,(H,27,31)(H,29,30). The number of anilines is 2. The maximum absolute atomic E-state index is 6.04. The molecule has 4 aromatic rings. The Morgan fingerprint density at radius 1 is 1.14 bits per heavy atom. The summed E-state index contributed by atoms with van der Waals surface area (Å²) >= 11 is 1.66. The topological polar surface area (TPSA) is 83.4 Å². The predicted octanol–water partition coefficient (Wildman–Crippen LogP) is 4.49. The van der Waals surface area contributed by atoms with Crippen molar-refractivity contribution in [2.45, 2.75) is 0 Å². The van der Waals surface area contributed by atoms with Crippen molar-refractivity contribution in [2.24, 2.45) is 10.1 Å². The van der Waals surface area contributed by atoms with E-state index < -0.39 is 0 Å². The minimum atomic E-state index is 0.620. The smallest absolute Gasteiger partial charge is 0.150 e. The fourth-order valence-corrected chi connectivity index (χ4v) is 5.08. The van der Waals surface area contributed by atoms with E-state index in [1.165, 1.54) is 0 Å². The Balaban J connectivity index is 1.42. The third-order valence-corrected chi connectivity index (χ3v) is 6.75. The first-order valence-corrected chi connectivity index (χ1v) is 12.5. The van der Waals surface area contributed by atoms with Crippen molar-refractivity contribution in [1.82, 2.24) is 15.3 Å². The molecule has 0 spiro atoms. The number of pyridine rings is 1. The minimum absolute atomic E-state index is 0.620. The van der Waals surface area contributed by atoms with E-state index in [0.29, 0.717) is 12.4 Å². The molecule has 8 nitrogen and oxygen atoms in total. The summed E-state index contributed by atoms with van der Waals surface area (Å²) in [6.07, 6.45) is 0. The Hall–Kier alpha value is -3.53. The molecule has 1 aliphatic heterocycles. The number of aromatic nitrogens is 1. The molecule has 0 atom stereocenters. The van der Waals surface area contributed by atoms with Crippen molar-refractivity contribution in [3.63, 3.8) is 0 Å². The predicted molar refractivity (Wildman–Crippen MR) is 145 cm³/mol. The number of hydrogen-bond donors (Lipinski definition) is 2. The number of nitrogens with one attached hydrogen (secondary N) is 2. The van der Waals surface area contributed by atoms with E-state index in [4.69, 9.17) is 14.5 Å². The summed E-state index contributed by atoms with van der Waals surface area (Å²) in [6.45, 7) is 8.56. The van der Waals surface area contributed by atoms with Gasteiger partial charge in [-0.05, 0) is 23.6 Å². The van der Waals surface area contributed by atoms with Crippen LogP contribution in [0.4, 0.5) is 11.5 Å². The Bertz CT molecular complexity index is 1360. The van der Waals surface area contributed by atoms with Crippen LogP contribution in [-0.4, -0.2) is 68.9 Å². The molecule has 5 rings (SSSR count). The first kappa shape index (κ1) is 23.2. The second-order valence-corrected chi connectivity index (χ2v) is 8.90. The molecule has 0 saturated carbocycles. The van der Waals surface area contributed by atoms with Gasteiger partial charge in [-0.25, -0.2) is 4.98 Å². The van der Waals surface area contributed by atoms with Gasteiger partial charge in [0.15, 0.2) is 5.84 Å². The normalized spacial score (nSPS) is 14.8. The van der Waals surface area contributed by atoms with Crippen molar-refractivity contribution >= 4 is 57.1 Å². The van der Waals surface area contributed by atoms with E-state index in [1.54, 1.807) is 18.4 Å². The van der Waals surface area contributed by atoms with E-state index in [9.17, 15) is 0 Å². The fraction of sp³-hybridized carbons (Fsp3) is 0.269. The first-order valence-electron chi connectivity index (χ1n) is 11.5. The van der Waals surface area contributed by atoms with Gasteiger partial charge in [0.25, 0.3) is 0 Å². The van der Waals surface area contributed by atoms with Gasteiger partial charge in [0.2, 0.25) is 0 Å². The number of nitrogens with zero attached hydrogens (tertiary/aromatic N) is 4. The van der Waals surface area contributed by atoms with Crippen LogP contribution < -0.4 is 15.5 Å². The van der Waals surface area contributed by atoms with Gasteiger partial charge in [0.1, 0.15) is 18.2 Å². The molecule has 2 aromatic heterocycles. The quantitative estimate of drug-likeness (QED) is 0.216. The highest BCUT2D eigenvalue weighted by molar-refractivity contribution is 7.09. The number of benzene rings is 2. The zero-order chi connectivity index (χ0) is 24.0. The zero-order valence-corrected chi connectivity index (χ0v) is 20.5. The number of morpholine rings is 1. The van der Waals surface area contributed by atoms with Crippen molar-refractivity contribution in [2.75, 3.05) is 51.8 Å². The molecular weight excluding hydrogens is 460 g/mol. The summed E-state index contributed by atoms with van der Waals surface area (Å²) in [7, 11) is 1.72. The van der Waals surface area contributed by atoms with E-state index >= 15 is 0 Å². The van der Waals surface area contributed by atoms with Crippen molar-refractivity contribution in [1.29, 1.82) is 0 Å². The molecule has 9 heteroatoms. The number of thiophene rings is 1. The third kappa shape index (κ3) is 5.12. The Morgan fingerprint density at radius 2 is 1.97 bits per heavy atom. The Labute approximate surface area is 208 Å². The van der Waals surface area contributed by atoms with E-state index in [-0.39, 0.29) is 0 Å². The number of amidine groups is 1. The molecule has 1 aliphatic rings. The fourth-order valence-electron chi connectivity index (χ4n) is 4.25. The number of hydrogen-bond acceptors (Lipinski definition) is 8. The largest absolute Gasteiger partial charge is 0.492 e. The molecule has 0 aliphatic carbocycles. The average Bonchev–Trinajstić information content (AvgIpc) is 3.39. The Kier molecular flexibility index (Phi) is 7.17. The van der Waals surface area contributed by atoms with Crippen LogP contribution in [0.5, 0.6) is 5.75 Å². The summed E-state index contributed by atoms with van der Waals surface area (Å²) in [5.74, 6) is 2.23. The molecule has 0 bridgehead atoms. The molecule has 0 unspecified atom stereocenters. The summed E-state index contributed by atoms with van der Waals surface area (Å²) < 4.78 is 11.5. The SMILES string of the molecule is C=NNC(=NC)c1cccc2c1nc(Nc1cccc(OCCN3CCOCC3)c1)c1cscc12. The maximum Gasteiger partial charge on any atom is 0.150 e. The summed E-state index contributed by atoms with van der Waals surface area (Å²) in [4.78, 5) is 11.7. The summed E-state index contributed by atoms with van der Waals surface area (Å²) in [5, 5.41) is 14.9. The van der Waals surface area contributed by atoms with Crippen molar-refractivity contribution in [3.05, 3.63) is 58.8 Å². The summed E-state index contributed by atoms with van der Waals surface area (Å²) in [5.41, 5.74) is 5.51. The van der Waals surface area contributed by atoms with E-state index in [2.05, 4.69) is 49.3 Å². The highest BCUT2D eigenvalue weighted by atomic mass is 32.1. The number of rotatable bonds is 8. The monoisotopic (exact) mass is 488 g/mol. The van der Waals surface area contributed by atoms with Gasteiger partial charge in [-0.3, -0.25) is 15.3 Å². The Morgan fingerprint density at radius 3 is 2.80 bits per heavy atom. The number of hydrazone groups is 1. The number of ether oxygens (including phenoxy) is 2. The van der Waals surface area contributed by atoms with Crippen LogP contribution in [0.3, 0.4) is 0 Å². The molecule has 0 amide bonds. The summed E-state index contributed by atoms with van der Waals surface area (Å²) in [6, 6.07) is 14.1. The number of aliphatic imine (C=N–C) groups is 1. The third-order valence-electron chi connectivity index (χ3n) is 6.01. The van der Waals surface area contributed by atoms with Crippen LogP contribution in [0.25, 0.3) is 21.7 Å². The van der Waals surface area contributed by atoms with E-state index in [1.807, 2.05) is 36.4 Å². The van der Waals surface area contributed by atoms with Crippen LogP contribution in [0, 0.1) is 0 Å². The lowest BCUT2D eigenvalue weighted by atomic mass is 10.0. The van der Waals surface area contributed by atoms with Crippen LogP contribution >= 0.6 is 11.3 Å². The minimum Gasteiger partial charge on any atom is -0.492 e. The lowest BCUT2D eigenvalue weighted by Crippen LogP contribution is -2.38. The number of fused-ring (bicyclic) bond motifs is 3. The maximum atomic E-state index is 6.04. The lowest BCUT2D eigenvalue weighted by Gasteiger charge is -2.26. The lowest BCUT2D eigenvalue weighted by molar-refractivity contribution is 0.0322. The highest BCUT2D eigenvalue weighted by Gasteiger charge is 2.15. The molecule has 0 radical (unpaired) electrons. The molecule has 3 heterocycles. The molecule has 35 heavy (non-hydrogen) atoms. The molecule has 1 saturated heterocycles. The second kappa shape index (κ2) is 10.8. The van der Waals surface area contributed by atoms with Crippen LogP contribution in [-0.2, 0) is 4.74 Å². The van der Waals surface area contributed by atoms with E-state index in [0.717, 1.165) is 77.3 Å². The van der Waals surface area contributed by atoms with Gasteiger partial charge in [0.05, 0.1) is 18.7 Å². The van der Waals surface area contributed by atoms with Crippen LogP contribution in [0.2, 0.25) is 0 Å². The molecular formula is C26H28N6O2S. The van der Waals surface area contributed by atoms with Crippen LogP contribution in [0.15, 0.2) is 63.3 Å². The van der Waals surface area contributed by atoms with Gasteiger partial charge in [-0.2, -0.15) is 16.4 Å². The van der Waals surface area contributed by atoms with Crippen molar-refractivity contribution in [3.8, 4) is 5.75 Å². The first-order chi connectivity index (χ1) is 17.3.